The van der Waals surface area contributed by atoms with Crippen LogP contribution in [0, 0.1) is 11.3 Å². The zero-order valence-corrected chi connectivity index (χ0v) is 10.9. The topological polar surface area (TPSA) is 12.0 Å². The van der Waals surface area contributed by atoms with Crippen molar-refractivity contribution in [2.24, 2.45) is 11.3 Å². The molecule has 0 radical (unpaired) electrons. The maximum atomic E-state index is 5.96. The van der Waals surface area contributed by atoms with Gasteiger partial charge in [0.2, 0.25) is 0 Å². The molecule has 1 fully saturated rings. The second-order valence-electron chi connectivity index (χ2n) is 5.08. The van der Waals surface area contributed by atoms with Gasteiger partial charge in [-0.15, -0.1) is 11.3 Å². The first-order valence-corrected chi connectivity index (χ1v) is 6.74. The van der Waals surface area contributed by atoms with E-state index in [0.717, 1.165) is 10.3 Å². The zero-order valence-electron chi connectivity index (χ0n) is 9.35. The molecule has 1 aliphatic heterocycles. The van der Waals surface area contributed by atoms with Crippen molar-refractivity contribution in [1.29, 1.82) is 0 Å². The lowest BCUT2D eigenvalue weighted by Crippen LogP contribution is -2.55. The largest absolute Gasteiger partial charge is 0.316 e. The summed E-state index contributed by atoms with van der Waals surface area (Å²) in [5, 5.41) is 3.41. The third-order valence-electron chi connectivity index (χ3n) is 3.02. The van der Waals surface area contributed by atoms with Crippen LogP contribution < -0.4 is 5.32 Å². The Labute approximate surface area is 101 Å². The van der Waals surface area contributed by atoms with Crippen LogP contribution in [0.4, 0.5) is 0 Å². The molecule has 1 aliphatic rings. The smallest absolute Gasteiger partial charge is 0.0931 e. The molecule has 2 heterocycles. The molecule has 1 nitrogen and oxygen atoms in total. The molecule has 15 heavy (non-hydrogen) atoms. The number of hydrogen-bond acceptors (Lipinski definition) is 2. The van der Waals surface area contributed by atoms with Gasteiger partial charge in [-0.05, 0) is 30.9 Å². The Bertz CT molecular complexity index is 328. The molecule has 1 aromatic rings. The molecule has 0 amide bonds. The number of rotatable bonds is 4. The Morgan fingerprint density at radius 3 is 2.60 bits per heavy atom. The minimum Gasteiger partial charge on any atom is -0.316 e. The Hall–Kier alpha value is -0.0500. The van der Waals surface area contributed by atoms with Crippen molar-refractivity contribution < 1.29 is 0 Å². The second-order valence-corrected chi connectivity index (χ2v) is 6.88. The molecular weight excluding hydrogens is 226 g/mol. The molecule has 1 saturated heterocycles. The molecule has 0 bridgehead atoms. The van der Waals surface area contributed by atoms with E-state index in [-0.39, 0.29) is 0 Å². The van der Waals surface area contributed by atoms with Crippen molar-refractivity contribution in [2.75, 3.05) is 13.1 Å². The molecule has 0 aromatic carbocycles. The van der Waals surface area contributed by atoms with Crippen LogP contribution in [0.25, 0.3) is 0 Å². The van der Waals surface area contributed by atoms with Gasteiger partial charge in [0.15, 0.2) is 0 Å². The standard InChI is InChI=1S/C12H18ClNS/c1-9(2)5-12(7-14-8-12)6-10-3-4-11(13)15-10/h3-4,9,14H,5-8H2,1-2H3. The third-order valence-corrected chi connectivity index (χ3v) is 4.25. The fourth-order valence-electron chi connectivity index (χ4n) is 2.50. The van der Waals surface area contributed by atoms with Gasteiger partial charge in [-0.2, -0.15) is 0 Å². The number of thiophene rings is 1. The first-order valence-electron chi connectivity index (χ1n) is 5.55. The number of halogens is 1. The van der Waals surface area contributed by atoms with Gasteiger partial charge in [0.25, 0.3) is 0 Å². The van der Waals surface area contributed by atoms with Crippen molar-refractivity contribution >= 4 is 22.9 Å². The zero-order chi connectivity index (χ0) is 10.9. The highest BCUT2D eigenvalue weighted by Crippen LogP contribution is 2.37. The highest BCUT2D eigenvalue weighted by Gasteiger charge is 2.37. The van der Waals surface area contributed by atoms with Crippen LogP contribution in [0.15, 0.2) is 12.1 Å². The Kier molecular flexibility index (Phi) is 3.39. The lowest BCUT2D eigenvalue weighted by Gasteiger charge is -2.44. The minimum atomic E-state index is 0.502. The number of nitrogens with one attached hydrogen (secondary N) is 1. The molecule has 2 rings (SSSR count). The fourth-order valence-corrected chi connectivity index (χ4v) is 3.76. The maximum absolute atomic E-state index is 5.96. The van der Waals surface area contributed by atoms with Crippen LogP contribution in [-0.2, 0) is 6.42 Å². The van der Waals surface area contributed by atoms with E-state index in [1.54, 1.807) is 11.3 Å². The van der Waals surface area contributed by atoms with Gasteiger partial charge in [-0.25, -0.2) is 0 Å². The molecule has 3 heteroatoms. The van der Waals surface area contributed by atoms with Gasteiger partial charge in [0, 0.05) is 23.4 Å². The van der Waals surface area contributed by atoms with Crippen molar-refractivity contribution in [3.63, 3.8) is 0 Å². The summed E-state index contributed by atoms with van der Waals surface area (Å²) in [6.07, 6.45) is 2.51. The fraction of sp³-hybridized carbons (Fsp3) is 0.667. The highest BCUT2D eigenvalue weighted by atomic mass is 35.5. The molecule has 0 spiro atoms. The summed E-state index contributed by atoms with van der Waals surface area (Å²) in [5.74, 6) is 0.780. The SMILES string of the molecule is CC(C)CC1(Cc2ccc(Cl)s2)CNC1. The Morgan fingerprint density at radius 2 is 2.20 bits per heavy atom. The summed E-state index contributed by atoms with van der Waals surface area (Å²) in [5.41, 5.74) is 0.502. The average molecular weight is 244 g/mol. The van der Waals surface area contributed by atoms with Gasteiger partial charge in [-0.1, -0.05) is 25.4 Å². The summed E-state index contributed by atoms with van der Waals surface area (Å²) in [7, 11) is 0. The van der Waals surface area contributed by atoms with E-state index in [9.17, 15) is 0 Å². The third kappa shape index (κ3) is 2.74. The molecule has 84 valence electrons. The summed E-state index contributed by atoms with van der Waals surface area (Å²) in [6, 6.07) is 4.18. The molecule has 1 aromatic heterocycles. The van der Waals surface area contributed by atoms with Crippen LogP contribution in [0.5, 0.6) is 0 Å². The highest BCUT2D eigenvalue weighted by molar-refractivity contribution is 7.16. The summed E-state index contributed by atoms with van der Waals surface area (Å²) in [6.45, 7) is 6.95. The molecular formula is C12H18ClNS. The van der Waals surface area contributed by atoms with Crippen LogP contribution in [0.2, 0.25) is 4.34 Å². The molecule has 0 atom stereocenters. The van der Waals surface area contributed by atoms with Crippen LogP contribution >= 0.6 is 22.9 Å². The predicted octanol–water partition coefficient (Wildman–Crippen LogP) is 3.58. The van der Waals surface area contributed by atoms with Crippen LogP contribution in [-0.4, -0.2) is 13.1 Å². The van der Waals surface area contributed by atoms with E-state index >= 15 is 0 Å². The Morgan fingerprint density at radius 1 is 1.47 bits per heavy atom. The van der Waals surface area contributed by atoms with Gasteiger partial charge >= 0.3 is 0 Å². The number of hydrogen-bond donors (Lipinski definition) is 1. The summed E-state index contributed by atoms with van der Waals surface area (Å²) >= 11 is 7.69. The first-order chi connectivity index (χ1) is 7.10. The summed E-state index contributed by atoms with van der Waals surface area (Å²) < 4.78 is 0.914. The lowest BCUT2D eigenvalue weighted by atomic mass is 9.72. The Balaban J connectivity index is 2.01. The lowest BCUT2D eigenvalue weighted by molar-refractivity contribution is 0.132. The molecule has 1 N–H and O–H groups in total. The normalized spacial score (nSPS) is 19.2. The van der Waals surface area contributed by atoms with E-state index in [1.807, 2.05) is 6.07 Å². The van der Waals surface area contributed by atoms with Crippen molar-refractivity contribution in [3.8, 4) is 0 Å². The van der Waals surface area contributed by atoms with E-state index in [0.29, 0.717) is 5.41 Å². The van der Waals surface area contributed by atoms with E-state index in [2.05, 4.69) is 25.2 Å². The van der Waals surface area contributed by atoms with Crippen molar-refractivity contribution in [3.05, 3.63) is 21.3 Å². The average Bonchev–Trinajstić information content (AvgIpc) is 2.46. The molecule has 0 aliphatic carbocycles. The monoisotopic (exact) mass is 243 g/mol. The molecule has 0 saturated carbocycles. The van der Waals surface area contributed by atoms with Gasteiger partial charge < -0.3 is 5.32 Å². The maximum Gasteiger partial charge on any atom is 0.0931 e. The van der Waals surface area contributed by atoms with Gasteiger partial charge in [0.05, 0.1) is 4.34 Å². The van der Waals surface area contributed by atoms with Crippen LogP contribution in [0.3, 0.4) is 0 Å². The quantitative estimate of drug-likeness (QED) is 0.853. The van der Waals surface area contributed by atoms with Gasteiger partial charge in [0.1, 0.15) is 0 Å². The predicted molar refractivity (Wildman–Crippen MR) is 67.8 cm³/mol. The molecule has 0 unspecified atom stereocenters. The van der Waals surface area contributed by atoms with E-state index in [4.69, 9.17) is 11.6 Å². The van der Waals surface area contributed by atoms with Crippen LogP contribution in [0.1, 0.15) is 25.1 Å². The summed E-state index contributed by atoms with van der Waals surface area (Å²) in [4.78, 5) is 1.43. The van der Waals surface area contributed by atoms with Crippen molar-refractivity contribution in [1.82, 2.24) is 5.32 Å². The van der Waals surface area contributed by atoms with Crippen molar-refractivity contribution in [2.45, 2.75) is 26.7 Å². The van der Waals surface area contributed by atoms with Gasteiger partial charge in [-0.3, -0.25) is 0 Å². The first kappa shape index (κ1) is 11.4. The van der Waals surface area contributed by atoms with E-state index < -0.39 is 0 Å². The second kappa shape index (κ2) is 4.44. The van der Waals surface area contributed by atoms with E-state index in [1.165, 1.54) is 30.8 Å². The minimum absolute atomic E-state index is 0.502.